The predicted molar refractivity (Wildman–Crippen MR) is 124 cm³/mol. The lowest BCUT2D eigenvalue weighted by atomic mass is 10.1. The van der Waals surface area contributed by atoms with Gasteiger partial charge in [-0.2, -0.15) is 0 Å². The number of hydrogen-bond donors (Lipinski definition) is 1. The zero-order valence-corrected chi connectivity index (χ0v) is 18.5. The van der Waals surface area contributed by atoms with Gasteiger partial charge in [-0.25, -0.2) is 18.9 Å². The van der Waals surface area contributed by atoms with Gasteiger partial charge in [-0.1, -0.05) is 30.3 Å². The van der Waals surface area contributed by atoms with Gasteiger partial charge >= 0.3 is 12.0 Å². The molecule has 8 nitrogen and oxygen atoms in total. The van der Waals surface area contributed by atoms with E-state index in [4.69, 9.17) is 4.74 Å². The number of hydrogen-bond acceptors (Lipinski definition) is 6. The van der Waals surface area contributed by atoms with Gasteiger partial charge in [0.2, 0.25) is 0 Å². The van der Waals surface area contributed by atoms with E-state index in [0.29, 0.717) is 16.9 Å². The van der Waals surface area contributed by atoms with Crippen molar-refractivity contribution >= 4 is 35.6 Å². The molecule has 4 amide bonds. The average Bonchev–Trinajstić information content (AvgIpc) is 2.86. The Kier molecular flexibility index (Phi) is 6.68. The van der Waals surface area contributed by atoms with Crippen LogP contribution in [0.3, 0.4) is 0 Å². The summed E-state index contributed by atoms with van der Waals surface area (Å²) in [7, 11) is 1.24. The molecule has 0 aromatic heterocycles. The summed E-state index contributed by atoms with van der Waals surface area (Å²) >= 11 is 0. The van der Waals surface area contributed by atoms with E-state index in [1.807, 2.05) is 0 Å². The molecule has 35 heavy (non-hydrogen) atoms. The van der Waals surface area contributed by atoms with E-state index < -0.39 is 23.8 Å². The Morgan fingerprint density at radius 3 is 2.46 bits per heavy atom. The second kappa shape index (κ2) is 10.0. The highest BCUT2D eigenvalue weighted by molar-refractivity contribution is 6.39. The number of imide groups is 2. The first-order valence-electron chi connectivity index (χ1n) is 10.4. The number of ether oxygens (including phenoxy) is 2. The third-order valence-corrected chi connectivity index (χ3v) is 5.17. The highest BCUT2D eigenvalue weighted by Gasteiger charge is 2.36. The maximum absolute atomic E-state index is 13.8. The van der Waals surface area contributed by atoms with Crippen molar-refractivity contribution in [3.05, 3.63) is 101 Å². The second-order valence-electron chi connectivity index (χ2n) is 7.45. The predicted octanol–water partition coefficient (Wildman–Crippen LogP) is 3.86. The number of carbonyl (C=O) groups excluding carboxylic acids is 4. The summed E-state index contributed by atoms with van der Waals surface area (Å²) in [4.78, 5) is 50.3. The number of carbonyl (C=O) groups is 4. The first-order chi connectivity index (χ1) is 16.9. The van der Waals surface area contributed by atoms with E-state index >= 15 is 0 Å². The molecule has 3 aromatic rings. The number of nitrogens with one attached hydrogen (secondary N) is 1. The van der Waals surface area contributed by atoms with Gasteiger partial charge in [0.05, 0.1) is 18.4 Å². The number of rotatable bonds is 6. The van der Waals surface area contributed by atoms with Crippen molar-refractivity contribution in [3.63, 3.8) is 0 Å². The molecule has 0 bridgehead atoms. The van der Waals surface area contributed by atoms with Crippen LogP contribution in [0.1, 0.15) is 21.5 Å². The SMILES string of the molecule is COC(=O)c1ccc(N2C(=O)NC(=O)/C(=C/c3cccc(OCc4ccccc4F)c3)C2=O)cc1. The number of nitrogens with zero attached hydrogens (tertiary/aromatic N) is 1. The Bertz CT molecular complexity index is 1350. The number of barbiturate groups is 1. The van der Waals surface area contributed by atoms with Gasteiger partial charge in [-0.3, -0.25) is 14.9 Å². The van der Waals surface area contributed by atoms with Crippen LogP contribution in [-0.4, -0.2) is 30.9 Å². The van der Waals surface area contributed by atoms with Crippen LogP contribution >= 0.6 is 0 Å². The van der Waals surface area contributed by atoms with Crippen molar-refractivity contribution < 1.29 is 33.0 Å². The summed E-state index contributed by atoms with van der Waals surface area (Å²) in [5.74, 6) is -2.24. The number of amides is 4. The third kappa shape index (κ3) is 5.09. The Labute approximate surface area is 199 Å². The zero-order chi connectivity index (χ0) is 24.9. The fourth-order valence-corrected chi connectivity index (χ4v) is 3.39. The number of esters is 1. The number of methoxy groups -OCH3 is 1. The molecule has 0 atom stereocenters. The monoisotopic (exact) mass is 474 g/mol. The van der Waals surface area contributed by atoms with E-state index in [0.717, 1.165) is 4.90 Å². The largest absolute Gasteiger partial charge is 0.489 e. The van der Waals surface area contributed by atoms with Gasteiger partial charge in [0, 0.05) is 5.56 Å². The van der Waals surface area contributed by atoms with Crippen LogP contribution < -0.4 is 15.0 Å². The summed E-state index contributed by atoms with van der Waals surface area (Å²) in [6.07, 6.45) is 1.33. The molecule has 0 unspecified atom stereocenters. The fraction of sp³-hybridized carbons (Fsp3) is 0.0769. The number of halogens is 1. The van der Waals surface area contributed by atoms with Crippen LogP contribution in [-0.2, 0) is 20.9 Å². The Balaban J connectivity index is 1.57. The third-order valence-electron chi connectivity index (χ3n) is 5.17. The van der Waals surface area contributed by atoms with E-state index in [9.17, 15) is 23.6 Å². The lowest BCUT2D eigenvalue weighted by Gasteiger charge is -2.26. The molecule has 1 N–H and O–H groups in total. The fourth-order valence-electron chi connectivity index (χ4n) is 3.39. The molecule has 9 heteroatoms. The molecule has 1 aliphatic rings. The van der Waals surface area contributed by atoms with Crippen LogP contribution in [0.2, 0.25) is 0 Å². The van der Waals surface area contributed by atoms with Crippen molar-refractivity contribution in [3.8, 4) is 5.75 Å². The second-order valence-corrected chi connectivity index (χ2v) is 7.45. The van der Waals surface area contributed by atoms with Crippen molar-refractivity contribution in [1.29, 1.82) is 0 Å². The van der Waals surface area contributed by atoms with Gasteiger partial charge in [-0.05, 0) is 54.1 Å². The lowest BCUT2D eigenvalue weighted by Crippen LogP contribution is -2.54. The van der Waals surface area contributed by atoms with Gasteiger partial charge in [0.15, 0.2) is 0 Å². The lowest BCUT2D eigenvalue weighted by molar-refractivity contribution is -0.122. The molecule has 3 aromatic carbocycles. The Morgan fingerprint density at radius 1 is 1.00 bits per heavy atom. The molecule has 0 saturated carbocycles. The topological polar surface area (TPSA) is 102 Å². The van der Waals surface area contributed by atoms with Crippen LogP contribution in [0, 0.1) is 5.82 Å². The van der Waals surface area contributed by atoms with Crippen LogP contribution in [0.25, 0.3) is 6.08 Å². The maximum atomic E-state index is 13.8. The van der Waals surface area contributed by atoms with E-state index in [2.05, 4.69) is 10.1 Å². The highest BCUT2D eigenvalue weighted by Crippen LogP contribution is 2.24. The minimum Gasteiger partial charge on any atom is -0.489 e. The Morgan fingerprint density at radius 2 is 1.74 bits per heavy atom. The highest BCUT2D eigenvalue weighted by atomic mass is 19.1. The Hall–Kier alpha value is -4.79. The molecule has 0 spiro atoms. The first-order valence-corrected chi connectivity index (χ1v) is 10.4. The normalized spacial score (nSPS) is 14.6. The number of benzene rings is 3. The summed E-state index contributed by atoms with van der Waals surface area (Å²) in [6, 6.07) is 17.5. The molecule has 1 fully saturated rings. The smallest absolute Gasteiger partial charge is 0.337 e. The van der Waals surface area contributed by atoms with Crippen LogP contribution in [0.4, 0.5) is 14.9 Å². The van der Waals surface area contributed by atoms with E-state index in [1.165, 1.54) is 43.5 Å². The van der Waals surface area contributed by atoms with Gasteiger partial charge < -0.3 is 9.47 Å². The van der Waals surface area contributed by atoms with Gasteiger partial charge in [0.1, 0.15) is 23.7 Å². The summed E-state index contributed by atoms with van der Waals surface area (Å²) in [5.41, 5.74) is 0.976. The average molecular weight is 474 g/mol. The molecule has 176 valence electrons. The van der Waals surface area contributed by atoms with Gasteiger partial charge in [0.25, 0.3) is 11.8 Å². The minimum absolute atomic E-state index is 0.00400. The molecule has 0 radical (unpaired) electrons. The zero-order valence-electron chi connectivity index (χ0n) is 18.5. The quantitative estimate of drug-likeness (QED) is 0.331. The number of urea groups is 1. The summed E-state index contributed by atoms with van der Waals surface area (Å²) in [5, 5.41) is 2.14. The summed E-state index contributed by atoms with van der Waals surface area (Å²) < 4.78 is 24.1. The molecule has 4 rings (SSSR count). The van der Waals surface area contributed by atoms with Crippen molar-refractivity contribution in [2.24, 2.45) is 0 Å². The first kappa shape index (κ1) is 23.4. The van der Waals surface area contributed by atoms with E-state index in [1.54, 1.807) is 42.5 Å². The molecule has 0 aliphatic carbocycles. The molecular formula is C26H19FN2O6. The van der Waals surface area contributed by atoms with Crippen LogP contribution in [0.5, 0.6) is 5.75 Å². The van der Waals surface area contributed by atoms with Crippen molar-refractivity contribution in [2.45, 2.75) is 6.61 Å². The standard InChI is InChI=1S/C26H19FN2O6/c1-34-25(32)17-9-11-19(12-10-17)29-24(31)21(23(30)28-26(29)33)14-16-5-4-7-20(13-16)35-15-18-6-2-3-8-22(18)27/h2-14H,15H2,1H3,(H,28,30,33)/b21-14-. The van der Waals surface area contributed by atoms with Gasteiger partial charge in [-0.15, -0.1) is 0 Å². The van der Waals surface area contributed by atoms with Crippen LogP contribution in [0.15, 0.2) is 78.4 Å². The molecule has 1 saturated heterocycles. The maximum Gasteiger partial charge on any atom is 0.337 e. The van der Waals surface area contributed by atoms with Crippen molar-refractivity contribution in [1.82, 2.24) is 5.32 Å². The molecule has 1 heterocycles. The minimum atomic E-state index is -0.912. The molecule has 1 aliphatic heterocycles. The number of anilines is 1. The van der Waals surface area contributed by atoms with E-state index in [-0.39, 0.29) is 29.2 Å². The van der Waals surface area contributed by atoms with Crippen molar-refractivity contribution in [2.75, 3.05) is 12.0 Å². The summed E-state index contributed by atoms with van der Waals surface area (Å²) in [6.45, 7) is -0.00400. The molecular weight excluding hydrogens is 455 g/mol.